The molecule has 0 rings (SSSR count). The fourth-order valence-electron chi connectivity index (χ4n) is 0.594. The molecule has 0 aromatic carbocycles. The van der Waals surface area contributed by atoms with Crippen LogP contribution in [0, 0.1) is 0 Å². The first-order valence-corrected chi connectivity index (χ1v) is 4.25. The number of carbonyl (C=O) groups excluding carboxylic acids is 1. The van der Waals surface area contributed by atoms with E-state index >= 15 is 0 Å². The molecule has 0 saturated carbocycles. The van der Waals surface area contributed by atoms with E-state index in [0.29, 0.717) is 11.0 Å². The average Bonchev–Trinajstić information content (AvgIpc) is 1.79. The third-order valence-electron chi connectivity index (χ3n) is 0.927. The Hall–Kier alpha value is -0.330. The first-order valence-electron chi connectivity index (χ1n) is 3.39. The Morgan fingerprint density at radius 3 is 2.25 bits per heavy atom. The number of likely N-dealkylation sites (N-methyl/N-ethyl adjacent to an activating group) is 1. The van der Waals surface area contributed by atoms with Gasteiger partial charge in [-0.05, 0) is 0 Å². The van der Waals surface area contributed by atoms with Crippen molar-refractivity contribution < 1.29 is 9.28 Å². The highest BCUT2D eigenvalue weighted by Crippen LogP contribution is 1.87. The van der Waals surface area contributed by atoms with Gasteiger partial charge in [-0.1, -0.05) is 12.2 Å². The molecule has 0 fully saturated rings. The Morgan fingerprint density at radius 2 is 1.92 bits per heavy atom. The number of rotatable bonds is 2. The van der Waals surface area contributed by atoms with Gasteiger partial charge in [0.25, 0.3) is 5.91 Å². The minimum atomic E-state index is -0.112. The van der Waals surface area contributed by atoms with E-state index in [1.165, 1.54) is 0 Å². The number of thiocarbonyl (C=S) groups is 1. The van der Waals surface area contributed by atoms with Crippen molar-refractivity contribution in [3.63, 3.8) is 0 Å². The summed E-state index contributed by atoms with van der Waals surface area (Å²) in [6, 6.07) is 0. The summed E-state index contributed by atoms with van der Waals surface area (Å²) < 4.78 is 0.831. The summed E-state index contributed by atoms with van der Waals surface area (Å²) in [5, 5.41) is 0. The maximum absolute atomic E-state index is 11.1. The fourth-order valence-corrected chi connectivity index (χ4v) is 0.700. The molecule has 2 N–H and O–H groups in total. The summed E-state index contributed by atoms with van der Waals surface area (Å²) in [7, 11) is 5.79. The van der Waals surface area contributed by atoms with Gasteiger partial charge in [0, 0.05) is 0 Å². The lowest BCUT2D eigenvalue weighted by atomic mass is 10.5. The smallest absolute Gasteiger partial charge is 0.293 e. The van der Waals surface area contributed by atoms with Gasteiger partial charge >= 0.3 is 0 Å². The second-order valence-corrected chi connectivity index (χ2v) is 4.58. The Morgan fingerprint density at radius 1 is 1.42 bits per heavy atom. The zero-order valence-corrected chi connectivity index (χ0v) is 9.13. The number of amides is 1. The Labute approximate surface area is 83.3 Å². The minimum Gasteiger partial charge on any atom is -0.323 e. The number of quaternary nitrogens is 1. The van der Waals surface area contributed by atoms with Crippen LogP contribution in [-0.2, 0) is 4.79 Å². The molecule has 0 aliphatic rings. The lowest BCUT2D eigenvalue weighted by Gasteiger charge is -2.22. The molecule has 0 unspecified atom stereocenters. The highest BCUT2D eigenvalue weighted by molar-refractivity contribution is 8.11. The SMILES string of the molecule is C[N+](C)(C)CC(=O)NNC(=S)S. The van der Waals surface area contributed by atoms with Crippen LogP contribution in [0.5, 0.6) is 0 Å². The van der Waals surface area contributed by atoms with Gasteiger partial charge in [-0.25, -0.2) is 0 Å². The number of thiol groups is 1. The van der Waals surface area contributed by atoms with Crippen LogP contribution in [0.1, 0.15) is 0 Å². The number of nitrogens with zero attached hydrogens (tertiary/aromatic N) is 1. The number of nitrogens with one attached hydrogen (secondary N) is 2. The molecule has 0 aliphatic carbocycles. The van der Waals surface area contributed by atoms with E-state index in [9.17, 15) is 4.79 Å². The molecule has 0 atom stereocenters. The van der Waals surface area contributed by atoms with E-state index in [2.05, 4.69) is 35.7 Å². The zero-order chi connectivity index (χ0) is 9.78. The molecule has 0 heterocycles. The average molecular weight is 208 g/mol. The molecular weight excluding hydrogens is 194 g/mol. The highest BCUT2D eigenvalue weighted by Gasteiger charge is 2.13. The molecule has 1 amide bonds. The summed E-state index contributed by atoms with van der Waals surface area (Å²) >= 11 is 8.37. The molecule has 0 saturated heterocycles. The predicted molar refractivity (Wildman–Crippen MR) is 55.8 cm³/mol. The van der Waals surface area contributed by atoms with Crippen molar-refractivity contribution in [3.8, 4) is 0 Å². The van der Waals surface area contributed by atoms with Crippen LogP contribution in [0.4, 0.5) is 0 Å². The van der Waals surface area contributed by atoms with Crippen molar-refractivity contribution in [2.45, 2.75) is 0 Å². The molecule has 0 radical (unpaired) electrons. The van der Waals surface area contributed by atoms with Crippen molar-refractivity contribution in [1.29, 1.82) is 0 Å². The van der Waals surface area contributed by atoms with Gasteiger partial charge in [0.2, 0.25) is 0 Å². The topological polar surface area (TPSA) is 41.1 Å². The van der Waals surface area contributed by atoms with E-state index in [4.69, 9.17) is 0 Å². The summed E-state index contributed by atoms with van der Waals surface area (Å²) in [4.78, 5) is 11.1. The normalized spacial score (nSPS) is 10.7. The maximum Gasteiger partial charge on any atom is 0.293 e. The Balaban J connectivity index is 3.68. The van der Waals surface area contributed by atoms with E-state index in [-0.39, 0.29) is 10.2 Å². The second-order valence-electron chi connectivity index (χ2n) is 3.43. The lowest BCUT2D eigenvalue weighted by Crippen LogP contribution is -2.48. The zero-order valence-electron chi connectivity index (χ0n) is 7.42. The van der Waals surface area contributed by atoms with Crippen LogP contribution < -0.4 is 10.9 Å². The molecule has 0 aliphatic heterocycles. The molecule has 6 heteroatoms. The number of hydrogen-bond acceptors (Lipinski definition) is 2. The van der Waals surface area contributed by atoms with Crippen molar-refractivity contribution >= 4 is 35.1 Å². The molecule has 70 valence electrons. The first-order chi connectivity index (χ1) is 5.31. The van der Waals surface area contributed by atoms with E-state index in [1.807, 2.05) is 21.1 Å². The summed E-state index contributed by atoms with van der Waals surface area (Å²) in [6.07, 6.45) is 0. The van der Waals surface area contributed by atoms with Crippen LogP contribution in [0.3, 0.4) is 0 Å². The van der Waals surface area contributed by atoms with Gasteiger partial charge in [-0.15, -0.1) is 12.6 Å². The third kappa shape index (κ3) is 7.77. The van der Waals surface area contributed by atoms with Crippen LogP contribution >= 0.6 is 24.8 Å². The van der Waals surface area contributed by atoms with Crippen LogP contribution in [0.2, 0.25) is 0 Å². The fraction of sp³-hybridized carbons (Fsp3) is 0.667. The molecule has 0 spiro atoms. The van der Waals surface area contributed by atoms with E-state index < -0.39 is 0 Å². The molecule has 0 aromatic heterocycles. The number of hydrogen-bond donors (Lipinski definition) is 3. The molecule has 0 bridgehead atoms. The summed E-state index contributed by atoms with van der Waals surface area (Å²) in [5.74, 6) is -0.112. The second kappa shape index (κ2) is 4.64. The number of hydrazine groups is 1. The Kier molecular flexibility index (Phi) is 4.51. The van der Waals surface area contributed by atoms with Crippen LogP contribution in [0.15, 0.2) is 0 Å². The van der Waals surface area contributed by atoms with Crippen molar-refractivity contribution in [1.82, 2.24) is 10.9 Å². The maximum atomic E-state index is 11.1. The van der Waals surface area contributed by atoms with E-state index in [0.717, 1.165) is 0 Å². The van der Waals surface area contributed by atoms with Crippen molar-refractivity contribution in [2.24, 2.45) is 0 Å². The van der Waals surface area contributed by atoms with Crippen LogP contribution in [0.25, 0.3) is 0 Å². The monoisotopic (exact) mass is 208 g/mol. The van der Waals surface area contributed by atoms with Gasteiger partial charge < -0.3 is 4.48 Å². The first kappa shape index (κ1) is 11.7. The predicted octanol–water partition coefficient (Wildman–Crippen LogP) is -0.472. The van der Waals surface area contributed by atoms with Gasteiger partial charge in [-0.3, -0.25) is 15.6 Å². The molecule has 0 aromatic rings. The van der Waals surface area contributed by atoms with Gasteiger partial charge in [0.15, 0.2) is 6.54 Å². The van der Waals surface area contributed by atoms with E-state index in [1.54, 1.807) is 0 Å². The quantitative estimate of drug-likeness (QED) is 0.249. The van der Waals surface area contributed by atoms with Crippen LogP contribution in [-0.4, -0.2) is 42.4 Å². The largest absolute Gasteiger partial charge is 0.323 e. The van der Waals surface area contributed by atoms with Crippen molar-refractivity contribution in [2.75, 3.05) is 27.7 Å². The molecule has 12 heavy (non-hydrogen) atoms. The highest BCUT2D eigenvalue weighted by atomic mass is 32.1. The lowest BCUT2D eigenvalue weighted by molar-refractivity contribution is -0.862. The van der Waals surface area contributed by atoms with Crippen molar-refractivity contribution in [3.05, 3.63) is 0 Å². The molecular formula is C6H14N3OS2+. The van der Waals surface area contributed by atoms with Gasteiger partial charge in [-0.2, -0.15) is 0 Å². The minimum absolute atomic E-state index is 0.112. The standard InChI is InChI=1S/C6H13N3OS2/c1-9(2,3)4-5(10)7-8-6(11)12/h4H2,1-3H3,(H2-,7,8,10,11,12)/p+1. The van der Waals surface area contributed by atoms with Gasteiger partial charge in [0.1, 0.15) is 4.32 Å². The summed E-state index contributed by atoms with van der Waals surface area (Å²) in [5.41, 5.74) is 4.87. The number of carbonyl (C=O) groups is 1. The third-order valence-corrected chi connectivity index (χ3v) is 1.14. The summed E-state index contributed by atoms with van der Waals surface area (Å²) in [6.45, 7) is 0.392. The molecule has 4 nitrogen and oxygen atoms in total. The Bertz CT molecular complexity index is 188. The van der Waals surface area contributed by atoms with Gasteiger partial charge in [0.05, 0.1) is 21.1 Å².